The Labute approximate surface area is 125 Å². The monoisotopic (exact) mass is 305 g/mol. The number of sulfonamides is 1. The van der Waals surface area contributed by atoms with Crippen molar-refractivity contribution in [2.45, 2.75) is 31.2 Å². The van der Waals surface area contributed by atoms with Crippen LogP contribution in [0.25, 0.3) is 0 Å². The predicted octanol–water partition coefficient (Wildman–Crippen LogP) is 2.61. The van der Waals surface area contributed by atoms with E-state index in [1.165, 1.54) is 0 Å². The Kier molecular flexibility index (Phi) is 4.65. The Morgan fingerprint density at radius 2 is 1.62 bits per heavy atom. The van der Waals surface area contributed by atoms with Gasteiger partial charge < -0.3 is 5.11 Å². The van der Waals surface area contributed by atoms with Gasteiger partial charge in [-0.3, -0.25) is 0 Å². The average molecular weight is 305 g/mol. The molecule has 2 N–H and O–H groups in total. The number of nitrogens with one attached hydrogen (secondary N) is 1. The number of hydrogen-bond acceptors (Lipinski definition) is 3. The van der Waals surface area contributed by atoms with Gasteiger partial charge in [0.25, 0.3) is 0 Å². The van der Waals surface area contributed by atoms with Crippen LogP contribution in [0.2, 0.25) is 0 Å². The summed E-state index contributed by atoms with van der Waals surface area (Å²) in [6.45, 7) is 3.73. The van der Waals surface area contributed by atoms with Crippen LogP contribution in [-0.2, 0) is 16.4 Å². The third-order valence-electron chi connectivity index (χ3n) is 3.17. The highest BCUT2D eigenvalue weighted by Crippen LogP contribution is 2.14. The highest BCUT2D eigenvalue weighted by molar-refractivity contribution is 7.89. The Balaban J connectivity index is 2.05. The lowest BCUT2D eigenvalue weighted by atomic mass is 10.1. The zero-order valence-corrected chi connectivity index (χ0v) is 12.9. The Bertz CT molecular complexity index is 691. The van der Waals surface area contributed by atoms with Crippen LogP contribution < -0.4 is 4.72 Å². The molecule has 0 aliphatic carbocycles. The fourth-order valence-corrected chi connectivity index (χ4v) is 3.32. The standard InChI is InChI=1S/C16H19NO3S/c1-12-3-9-16(10-4-12)21(19,20)17-13(2)11-14-5-7-15(18)8-6-14/h3-10,13,17-18H,11H2,1-2H3/t13-/m1/s1. The Hall–Kier alpha value is -1.85. The summed E-state index contributed by atoms with van der Waals surface area (Å²) in [5.74, 6) is 0.201. The van der Waals surface area contributed by atoms with Crippen molar-refractivity contribution in [2.75, 3.05) is 0 Å². The zero-order chi connectivity index (χ0) is 15.5. The quantitative estimate of drug-likeness (QED) is 0.892. The van der Waals surface area contributed by atoms with E-state index in [2.05, 4.69) is 4.72 Å². The average Bonchev–Trinajstić information content (AvgIpc) is 2.41. The number of aryl methyl sites for hydroxylation is 1. The summed E-state index contributed by atoms with van der Waals surface area (Å²) in [7, 11) is -3.50. The summed E-state index contributed by atoms with van der Waals surface area (Å²) in [5, 5.41) is 9.24. The van der Waals surface area contributed by atoms with Crippen molar-refractivity contribution >= 4 is 10.0 Å². The lowest BCUT2D eigenvalue weighted by Crippen LogP contribution is -2.34. The zero-order valence-electron chi connectivity index (χ0n) is 12.1. The molecule has 0 unspecified atom stereocenters. The van der Waals surface area contributed by atoms with Gasteiger partial charge in [0.05, 0.1) is 4.90 Å². The van der Waals surface area contributed by atoms with Crippen molar-refractivity contribution in [3.8, 4) is 5.75 Å². The fourth-order valence-electron chi connectivity index (χ4n) is 2.08. The van der Waals surface area contributed by atoms with Gasteiger partial charge in [-0.25, -0.2) is 13.1 Å². The highest BCUT2D eigenvalue weighted by atomic mass is 32.2. The summed E-state index contributed by atoms with van der Waals surface area (Å²) in [6, 6.07) is 13.3. The van der Waals surface area contributed by atoms with Crippen LogP contribution in [0, 0.1) is 6.92 Å². The van der Waals surface area contributed by atoms with Gasteiger partial charge in [-0.05, 0) is 50.1 Å². The fraction of sp³-hybridized carbons (Fsp3) is 0.250. The maximum Gasteiger partial charge on any atom is 0.240 e. The van der Waals surface area contributed by atoms with Gasteiger partial charge in [0, 0.05) is 6.04 Å². The summed E-state index contributed by atoms with van der Waals surface area (Å²) >= 11 is 0. The molecule has 5 heteroatoms. The molecule has 0 saturated carbocycles. The molecule has 0 saturated heterocycles. The van der Waals surface area contributed by atoms with E-state index in [4.69, 9.17) is 0 Å². The molecule has 0 aliphatic heterocycles. The maximum absolute atomic E-state index is 12.2. The van der Waals surface area contributed by atoms with Crippen LogP contribution in [0.1, 0.15) is 18.1 Å². The van der Waals surface area contributed by atoms with E-state index in [1.807, 2.05) is 13.8 Å². The number of hydrogen-bond donors (Lipinski definition) is 2. The Morgan fingerprint density at radius 3 is 2.19 bits per heavy atom. The first-order valence-corrected chi connectivity index (χ1v) is 8.22. The normalized spacial score (nSPS) is 13.0. The third-order valence-corrected chi connectivity index (χ3v) is 4.77. The SMILES string of the molecule is Cc1ccc(S(=O)(=O)N[C@H](C)Cc2ccc(O)cc2)cc1. The van der Waals surface area contributed by atoms with Crippen molar-refractivity contribution in [1.82, 2.24) is 4.72 Å². The number of phenols is 1. The number of rotatable bonds is 5. The molecule has 0 aliphatic rings. The van der Waals surface area contributed by atoms with Gasteiger partial charge in [0.1, 0.15) is 5.75 Å². The molecule has 0 radical (unpaired) electrons. The van der Waals surface area contributed by atoms with Crippen LogP contribution in [0.5, 0.6) is 5.75 Å². The molecule has 0 aromatic heterocycles. The van der Waals surface area contributed by atoms with E-state index in [0.717, 1.165) is 11.1 Å². The first-order chi connectivity index (χ1) is 9.87. The lowest BCUT2D eigenvalue weighted by Gasteiger charge is -2.14. The van der Waals surface area contributed by atoms with Crippen molar-refractivity contribution in [1.29, 1.82) is 0 Å². The molecule has 0 heterocycles. The minimum Gasteiger partial charge on any atom is -0.508 e. The van der Waals surface area contributed by atoms with E-state index in [-0.39, 0.29) is 16.7 Å². The van der Waals surface area contributed by atoms with Crippen LogP contribution in [0.4, 0.5) is 0 Å². The Morgan fingerprint density at radius 1 is 1.05 bits per heavy atom. The first-order valence-electron chi connectivity index (χ1n) is 6.74. The van der Waals surface area contributed by atoms with E-state index in [9.17, 15) is 13.5 Å². The van der Waals surface area contributed by atoms with Crippen LogP contribution >= 0.6 is 0 Å². The number of aromatic hydroxyl groups is 1. The molecule has 0 spiro atoms. The minimum absolute atomic E-state index is 0.201. The summed E-state index contributed by atoms with van der Waals surface area (Å²) in [5.41, 5.74) is 1.98. The molecule has 2 aromatic carbocycles. The molecule has 0 fully saturated rings. The second kappa shape index (κ2) is 6.28. The van der Waals surface area contributed by atoms with E-state index in [0.29, 0.717) is 6.42 Å². The second-order valence-electron chi connectivity index (χ2n) is 5.21. The smallest absolute Gasteiger partial charge is 0.240 e. The van der Waals surface area contributed by atoms with Crippen molar-refractivity contribution in [2.24, 2.45) is 0 Å². The molecule has 112 valence electrons. The molecule has 2 rings (SSSR count). The van der Waals surface area contributed by atoms with Gasteiger partial charge in [-0.15, -0.1) is 0 Å². The lowest BCUT2D eigenvalue weighted by molar-refractivity contribution is 0.475. The summed E-state index contributed by atoms with van der Waals surface area (Å²) in [4.78, 5) is 0.269. The molecule has 0 bridgehead atoms. The highest BCUT2D eigenvalue weighted by Gasteiger charge is 2.17. The van der Waals surface area contributed by atoms with Gasteiger partial charge in [0.15, 0.2) is 0 Å². The molecule has 1 atom stereocenters. The van der Waals surface area contributed by atoms with E-state index >= 15 is 0 Å². The largest absolute Gasteiger partial charge is 0.508 e. The molecule has 2 aromatic rings. The predicted molar refractivity (Wildman–Crippen MR) is 82.8 cm³/mol. The summed E-state index contributed by atoms with van der Waals surface area (Å²) in [6.07, 6.45) is 0.561. The molecular formula is C16H19NO3S. The first kappa shape index (κ1) is 15.5. The van der Waals surface area contributed by atoms with Crippen LogP contribution in [0.3, 0.4) is 0 Å². The van der Waals surface area contributed by atoms with E-state index < -0.39 is 10.0 Å². The molecule has 0 amide bonds. The van der Waals surface area contributed by atoms with Gasteiger partial charge in [0.2, 0.25) is 10.0 Å². The van der Waals surface area contributed by atoms with E-state index in [1.54, 1.807) is 48.5 Å². The summed E-state index contributed by atoms with van der Waals surface area (Å²) < 4.78 is 27.2. The topological polar surface area (TPSA) is 66.4 Å². The molecule has 4 nitrogen and oxygen atoms in total. The van der Waals surface area contributed by atoms with Crippen molar-refractivity contribution in [3.05, 3.63) is 59.7 Å². The second-order valence-corrected chi connectivity index (χ2v) is 6.92. The number of benzene rings is 2. The van der Waals surface area contributed by atoms with Crippen LogP contribution in [-0.4, -0.2) is 19.6 Å². The molecule has 21 heavy (non-hydrogen) atoms. The van der Waals surface area contributed by atoms with Crippen molar-refractivity contribution in [3.63, 3.8) is 0 Å². The minimum atomic E-state index is -3.50. The maximum atomic E-state index is 12.2. The van der Waals surface area contributed by atoms with Crippen LogP contribution in [0.15, 0.2) is 53.4 Å². The number of phenolic OH excluding ortho intramolecular Hbond substituents is 1. The van der Waals surface area contributed by atoms with Gasteiger partial charge in [-0.2, -0.15) is 0 Å². The van der Waals surface area contributed by atoms with Gasteiger partial charge in [-0.1, -0.05) is 29.8 Å². The van der Waals surface area contributed by atoms with Gasteiger partial charge >= 0.3 is 0 Å². The third kappa shape index (κ3) is 4.31. The van der Waals surface area contributed by atoms with Crippen molar-refractivity contribution < 1.29 is 13.5 Å². The molecular weight excluding hydrogens is 286 g/mol.